The molecule has 0 bridgehead atoms. The second-order valence-electron chi connectivity index (χ2n) is 1.93. The van der Waals surface area contributed by atoms with E-state index in [-0.39, 0.29) is 0 Å². The van der Waals surface area contributed by atoms with E-state index in [0.29, 0.717) is 5.15 Å². The number of aromatic nitrogens is 1. The summed E-state index contributed by atoms with van der Waals surface area (Å²) >= 11 is 7.94. The molecule has 0 atom stereocenters. The molecule has 0 aromatic carbocycles. The van der Waals surface area contributed by atoms with Gasteiger partial charge in [-0.1, -0.05) is 40.3 Å². The molecular weight excluding hydrogens is 260 g/mol. The molecule has 0 radical (unpaired) electrons. The molecule has 0 unspecified atom stereocenters. The zero-order chi connectivity index (χ0) is 7.40. The number of aryl methyl sites for hydroxylation is 1. The van der Waals surface area contributed by atoms with E-state index in [1.54, 1.807) is 0 Å². The fourth-order valence-electron chi connectivity index (χ4n) is 0.663. The van der Waals surface area contributed by atoms with Crippen molar-refractivity contribution < 1.29 is 0 Å². The summed E-state index contributed by atoms with van der Waals surface area (Å²) in [5, 5.41) is 0.567. The van der Waals surface area contributed by atoms with Crippen LogP contribution >= 0.6 is 34.2 Å². The van der Waals surface area contributed by atoms with E-state index >= 15 is 0 Å². The van der Waals surface area contributed by atoms with Gasteiger partial charge in [-0.25, -0.2) is 4.98 Å². The van der Waals surface area contributed by atoms with Crippen molar-refractivity contribution in [3.63, 3.8) is 0 Å². The fraction of sp³-hybridized carbons (Fsp3) is 0.286. The Kier molecular flexibility index (Phi) is 3.42. The van der Waals surface area contributed by atoms with Crippen LogP contribution in [0.25, 0.3) is 0 Å². The zero-order valence-corrected chi connectivity index (χ0v) is 8.26. The molecule has 3 heteroatoms. The molecule has 1 rings (SSSR count). The molecule has 0 aliphatic carbocycles. The molecule has 0 amide bonds. The van der Waals surface area contributed by atoms with Gasteiger partial charge in [0, 0.05) is 10.6 Å². The second kappa shape index (κ2) is 4.13. The normalized spacial score (nSPS) is 9.80. The van der Waals surface area contributed by atoms with Crippen LogP contribution in [0.3, 0.4) is 0 Å². The van der Waals surface area contributed by atoms with Crippen molar-refractivity contribution in [3.05, 3.63) is 29.0 Å². The topological polar surface area (TPSA) is 12.9 Å². The molecule has 0 saturated heterocycles. The zero-order valence-electron chi connectivity index (χ0n) is 5.35. The van der Waals surface area contributed by atoms with E-state index in [1.807, 2.05) is 18.3 Å². The third kappa shape index (κ3) is 2.42. The standard InChI is InChI=1S/C7H7ClIN/c8-7-2-1-6(3-4-9)5-10-7/h1-2,5H,3-4H2. The Hall–Kier alpha value is 0.170. The van der Waals surface area contributed by atoms with Gasteiger partial charge in [-0.2, -0.15) is 0 Å². The summed E-state index contributed by atoms with van der Waals surface area (Å²) in [4.78, 5) is 3.96. The van der Waals surface area contributed by atoms with Gasteiger partial charge in [0.05, 0.1) is 0 Å². The number of rotatable bonds is 2. The molecule has 0 spiro atoms. The molecule has 1 heterocycles. The van der Waals surface area contributed by atoms with Crippen LogP contribution in [0.2, 0.25) is 5.15 Å². The summed E-state index contributed by atoms with van der Waals surface area (Å²) in [7, 11) is 0. The van der Waals surface area contributed by atoms with Crippen molar-refractivity contribution in [2.24, 2.45) is 0 Å². The Morgan fingerprint density at radius 2 is 2.30 bits per heavy atom. The number of pyridine rings is 1. The first-order valence-corrected chi connectivity index (χ1v) is 4.89. The molecule has 0 aliphatic heterocycles. The summed E-state index contributed by atoms with van der Waals surface area (Å²) in [6.45, 7) is 0. The summed E-state index contributed by atoms with van der Waals surface area (Å²) < 4.78 is 1.13. The van der Waals surface area contributed by atoms with Gasteiger partial charge in [0.15, 0.2) is 0 Å². The van der Waals surface area contributed by atoms with Crippen LogP contribution in [-0.4, -0.2) is 9.41 Å². The molecule has 0 fully saturated rings. The summed E-state index contributed by atoms with van der Waals surface area (Å²) in [5.41, 5.74) is 1.25. The highest BCUT2D eigenvalue weighted by Gasteiger charge is 1.90. The molecule has 1 aromatic rings. The van der Waals surface area contributed by atoms with Crippen LogP contribution in [-0.2, 0) is 6.42 Å². The van der Waals surface area contributed by atoms with Gasteiger partial charge < -0.3 is 0 Å². The third-order valence-corrected chi connectivity index (χ3v) is 1.93. The Morgan fingerprint density at radius 3 is 2.80 bits per heavy atom. The SMILES string of the molecule is Clc1ccc(CCI)cn1. The van der Waals surface area contributed by atoms with E-state index in [0.717, 1.165) is 10.8 Å². The predicted octanol–water partition coefficient (Wildman–Crippen LogP) is 2.71. The average Bonchev–Trinajstić information content (AvgIpc) is 1.95. The largest absolute Gasteiger partial charge is 0.244 e. The van der Waals surface area contributed by atoms with Crippen LogP contribution in [0.15, 0.2) is 18.3 Å². The molecular formula is C7H7ClIN. The van der Waals surface area contributed by atoms with Gasteiger partial charge in [0.2, 0.25) is 0 Å². The average molecular weight is 267 g/mol. The van der Waals surface area contributed by atoms with Crippen molar-refractivity contribution in [2.75, 3.05) is 4.43 Å². The maximum atomic E-state index is 5.60. The minimum Gasteiger partial charge on any atom is -0.244 e. The van der Waals surface area contributed by atoms with Crippen LogP contribution < -0.4 is 0 Å². The number of alkyl halides is 1. The second-order valence-corrected chi connectivity index (χ2v) is 3.39. The summed E-state index contributed by atoms with van der Waals surface area (Å²) in [6, 6.07) is 3.83. The van der Waals surface area contributed by atoms with Gasteiger partial charge >= 0.3 is 0 Å². The predicted molar refractivity (Wildman–Crippen MR) is 51.8 cm³/mol. The lowest BCUT2D eigenvalue weighted by molar-refractivity contribution is 1.13. The van der Waals surface area contributed by atoms with Crippen LogP contribution in [0.4, 0.5) is 0 Å². The summed E-state index contributed by atoms with van der Waals surface area (Å²) in [5.74, 6) is 0. The Bertz CT molecular complexity index is 197. The first-order chi connectivity index (χ1) is 4.83. The molecule has 1 nitrogen and oxygen atoms in total. The number of nitrogens with zero attached hydrogens (tertiary/aromatic N) is 1. The van der Waals surface area contributed by atoms with Crippen LogP contribution in [0.5, 0.6) is 0 Å². The maximum absolute atomic E-state index is 5.60. The van der Waals surface area contributed by atoms with E-state index < -0.39 is 0 Å². The number of hydrogen-bond acceptors (Lipinski definition) is 1. The van der Waals surface area contributed by atoms with Crippen molar-refractivity contribution in [2.45, 2.75) is 6.42 Å². The lowest BCUT2D eigenvalue weighted by Crippen LogP contribution is -1.85. The minimum atomic E-state index is 0.567. The molecule has 54 valence electrons. The van der Waals surface area contributed by atoms with Gasteiger partial charge in [-0.05, 0) is 18.1 Å². The fourth-order valence-corrected chi connectivity index (χ4v) is 1.40. The number of halogens is 2. The maximum Gasteiger partial charge on any atom is 0.129 e. The molecule has 0 aliphatic rings. The van der Waals surface area contributed by atoms with Crippen LogP contribution in [0, 0.1) is 0 Å². The van der Waals surface area contributed by atoms with Gasteiger partial charge in [-0.15, -0.1) is 0 Å². The quantitative estimate of drug-likeness (QED) is 0.456. The van der Waals surface area contributed by atoms with Crippen molar-refractivity contribution in [1.29, 1.82) is 0 Å². The van der Waals surface area contributed by atoms with Gasteiger partial charge in [-0.3, -0.25) is 0 Å². The molecule has 1 aromatic heterocycles. The Labute approximate surface area is 78.9 Å². The van der Waals surface area contributed by atoms with Crippen molar-refractivity contribution >= 4 is 34.2 Å². The lowest BCUT2D eigenvalue weighted by Gasteiger charge is -1.94. The smallest absolute Gasteiger partial charge is 0.129 e. The molecule has 0 saturated carbocycles. The molecule has 0 N–H and O–H groups in total. The Morgan fingerprint density at radius 1 is 1.50 bits per heavy atom. The molecule has 10 heavy (non-hydrogen) atoms. The monoisotopic (exact) mass is 267 g/mol. The van der Waals surface area contributed by atoms with E-state index in [9.17, 15) is 0 Å². The van der Waals surface area contributed by atoms with Gasteiger partial charge in [0.1, 0.15) is 5.15 Å². The first kappa shape index (κ1) is 8.27. The highest BCUT2D eigenvalue weighted by atomic mass is 127. The highest BCUT2D eigenvalue weighted by molar-refractivity contribution is 14.1. The minimum absolute atomic E-state index is 0.567. The van der Waals surface area contributed by atoms with Gasteiger partial charge in [0.25, 0.3) is 0 Å². The van der Waals surface area contributed by atoms with Crippen LogP contribution in [0.1, 0.15) is 5.56 Å². The first-order valence-electron chi connectivity index (χ1n) is 2.99. The lowest BCUT2D eigenvalue weighted by atomic mass is 10.2. The number of hydrogen-bond donors (Lipinski definition) is 0. The van der Waals surface area contributed by atoms with E-state index in [1.165, 1.54) is 5.56 Å². The van der Waals surface area contributed by atoms with Crippen molar-refractivity contribution in [1.82, 2.24) is 4.98 Å². The van der Waals surface area contributed by atoms with E-state index in [4.69, 9.17) is 11.6 Å². The third-order valence-electron chi connectivity index (χ3n) is 1.17. The van der Waals surface area contributed by atoms with E-state index in [2.05, 4.69) is 27.6 Å². The highest BCUT2D eigenvalue weighted by Crippen LogP contribution is 2.06. The summed E-state index contributed by atoms with van der Waals surface area (Å²) in [6.07, 6.45) is 2.89. The van der Waals surface area contributed by atoms with Crippen molar-refractivity contribution in [3.8, 4) is 0 Å². The Balaban J connectivity index is 2.69.